The van der Waals surface area contributed by atoms with Crippen LogP contribution in [0.4, 0.5) is 0 Å². The molecule has 0 fully saturated rings. The van der Waals surface area contributed by atoms with Crippen molar-refractivity contribution < 1.29 is 0 Å². The molecule has 3 heteroatoms. The highest BCUT2D eigenvalue weighted by atomic mass is 79.9. The van der Waals surface area contributed by atoms with E-state index >= 15 is 0 Å². The van der Waals surface area contributed by atoms with Crippen molar-refractivity contribution in [1.82, 2.24) is 5.32 Å². The third-order valence-corrected chi connectivity index (χ3v) is 5.96. The molecule has 1 heterocycles. The molecular weight excluding hydrogens is 330 g/mol. The summed E-state index contributed by atoms with van der Waals surface area (Å²) >= 11 is 5.47. The summed E-state index contributed by atoms with van der Waals surface area (Å²) in [5.41, 5.74) is 6.80. The quantitative estimate of drug-likeness (QED) is 0.772. The molecule has 0 aliphatic rings. The average Bonchev–Trinajstić information content (AvgIpc) is 2.71. The van der Waals surface area contributed by atoms with Crippen molar-refractivity contribution in [1.29, 1.82) is 0 Å². The van der Waals surface area contributed by atoms with Gasteiger partial charge >= 0.3 is 0 Å². The lowest BCUT2D eigenvalue weighted by Gasteiger charge is -2.20. The summed E-state index contributed by atoms with van der Waals surface area (Å²) in [5, 5.41) is 3.63. The van der Waals surface area contributed by atoms with Gasteiger partial charge in [0.25, 0.3) is 0 Å². The summed E-state index contributed by atoms with van der Waals surface area (Å²) in [4.78, 5) is 1.38. The molecule has 0 radical (unpaired) electrons. The van der Waals surface area contributed by atoms with Crippen LogP contribution in [-0.4, -0.2) is 6.54 Å². The van der Waals surface area contributed by atoms with Crippen molar-refractivity contribution in [3.05, 3.63) is 54.7 Å². The first-order chi connectivity index (χ1) is 9.43. The van der Waals surface area contributed by atoms with Crippen LogP contribution >= 0.6 is 27.3 Å². The Kier molecular flexibility index (Phi) is 5.05. The van der Waals surface area contributed by atoms with Gasteiger partial charge in [0.1, 0.15) is 0 Å². The van der Waals surface area contributed by atoms with Crippen molar-refractivity contribution in [3.63, 3.8) is 0 Å². The SMILES string of the molecule is CCNC(c1cc(C)c(Br)s1)c1cc(C)c(C)cc1C. The number of nitrogens with one attached hydrogen (secondary N) is 1. The lowest BCUT2D eigenvalue weighted by Crippen LogP contribution is -2.22. The highest BCUT2D eigenvalue weighted by Crippen LogP contribution is 2.36. The molecule has 1 aromatic carbocycles. The summed E-state index contributed by atoms with van der Waals surface area (Å²) in [6.07, 6.45) is 0. The van der Waals surface area contributed by atoms with E-state index in [0.717, 1.165) is 6.54 Å². The normalized spacial score (nSPS) is 12.7. The number of benzene rings is 1. The summed E-state index contributed by atoms with van der Waals surface area (Å²) in [7, 11) is 0. The van der Waals surface area contributed by atoms with Gasteiger partial charge in [-0.1, -0.05) is 19.1 Å². The van der Waals surface area contributed by atoms with Crippen molar-refractivity contribution in [2.24, 2.45) is 0 Å². The van der Waals surface area contributed by atoms with E-state index in [9.17, 15) is 0 Å². The van der Waals surface area contributed by atoms with Gasteiger partial charge in [-0.2, -0.15) is 0 Å². The Morgan fingerprint density at radius 2 is 1.65 bits per heavy atom. The zero-order valence-electron chi connectivity index (χ0n) is 12.8. The molecule has 2 rings (SSSR count). The van der Waals surface area contributed by atoms with Crippen molar-refractivity contribution >= 4 is 27.3 Å². The minimum atomic E-state index is 0.286. The number of aryl methyl sites for hydroxylation is 4. The standard InChI is InChI=1S/C17H22BrNS/c1-6-19-16(15-9-13(5)17(18)20-15)14-8-11(3)10(2)7-12(14)4/h7-9,16,19H,6H2,1-5H3. The maximum atomic E-state index is 3.64. The Morgan fingerprint density at radius 3 is 2.20 bits per heavy atom. The zero-order valence-corrected chi connectivity index (χ0v) is 15.2. The molecule has 2 aromatic rings. The van der Waals surface area contributed by atoms with Crippen LogP contribution in [0.3, 0.4) is 0 Å². The zero-order chi connectivity index (χ0) is 14.9. The predicted molar refractivity (Wildman–Crippen MR) is 92.9 cm³/mol. The fourth-order valence-corrected chi connectivity index (χ4v) is 4.15. The molecule has 0 amide bonds. The summed E-state index contributed by atoms with van der Waals surface area (Å²) < 4.78 is 1.23. The van der Waals surface area contributed by atoms with Crippen LogP contribution < -0.4 is 5.32 Å². The van der Waals surface area contributed by atoms with Crippen LogP contribution in [0.5, 0.6) is 0 Å². The molecule has 0 aliphatic carbocycles. The largest absolute Gasteiger partial charge is 0.306 e. The summed E-state index contributed by atoms with van der Waals surface area (Å²) in [6, 6.07) is 7.21. The second kappa shape index (κ2) is 6.42. The van der Waals surface area contributed by atoms with E-state index in [1.165, 1.54) is 36.5 Å². The van der Waals surface area contributed by atoms with Crippen molar-refractivity contribution in [2.75, 3.05) is 6.54 Å². The van der Waals surface area contributed by atoms with Gasteiger partial charge < -0.3 is 5.32 Å². The third-order valence-electron chi connectivity index (χ3n) is 3.76. The Morgan fingerprint density at radius 1 is 1.00 bits per heavy atom. The van der Waals surface area contributed by atoms with E-state index < -0.39 is 0 Å². The van der Waals surface area contributed by atoms with E-state index in [4.69, 9.17) is 0 Å². The van der Waals surface area contributed by atoms with Crippen LogP contribution in [0.1, 0.15) is 45.7 Å². The lowest BCUT2D eigenvalue weighted by molar-refractivity contribution is 0.636. The van der Waals surface area contributed by atoms with E-state index in [1.807, 2.05) is 11.3 Å². The molecule has 0 bridgehead atoms. The van der Waals surface area contributed by atoms with Crippen molar-refractivity contribution in [2.45, 2.75) is 40.7 Å². The number of halogens is 1. The molecule has 1 N–H and O–H groups in total. The summed E-state index contributed by atoms with van der Waals surface area (Å²) in [5.74, 6) is 0. The molecule has 1 unspecified atom stereocenters. The molecular formula is C17H22BrNS. The smallest absolute Gasteiger partial charge is 0.0731 e. The van der Waals surface area contributed by atoms with E-state index in [-0.39, 0.29) is 6.04 Å². The number of hydrogen-bond donors (Lipinski definition) is 1. The minimum absolute atomic E-state index is 0.286. The third kappa shape index (κ3) is 3.16. The Hall–Kier alpha value is -0.640. The Labute approximate surface area is 134 Å². The Balaban J connectivity index is 2.50. The van der Waals surface area contributed by atoms with Gasteiger partial charge in [-0.15, -0.1) is 11.3 Å². The van der Waals surface area contributed by atoms with Gasteiger partial charge in [0.15, 0.2) is 0 Å². The second-order valence-electron chi connectivity index (χ2n) is 5.39. The van der Waals surface area contributed by atoms with Gasteiger partial charge in [-0.05, 0) is 84.1 Å². The maximum Gasteiger partial charge on any atom is 0.0731 e. The number of rotatable bonds is 4. The highest BCUT2D eigenvalue weighted by molar-refractivity contribution is 9.11. The molecule has 1 aromatic heterocycles. The number of thiophene rings is 1. The molecule has 0 spiro atoms. The highest BCUT2D eigenvalue weighted by Gasteiger charge is 2.19. The minimum Gasteiger partial charge on any atom is -0.306 e. The van der Waals surface area contributed by atoms with Crippen LogP contribution in [0.25, 0.3) is 0 Å². The van der Waals surface area contributed by atoms with Gasteiger partial charge in [0.05, 0.1) is 9.83 Å². The van der Waals surface area contributed by atoms with Gasteiger partial charge in [0, 0.05) is 4.88 Å². The van der Waals surface area contributed by atoms with Crippen LogP contribution in [0.15, 0.2) is 22.0 Å². The monoisotopic (exact) mass is 351 g/mol. The van der Waals surface area contributed by atoms with Gasteiger partial charge in [0.2, 0.25) is 0 Å². The molecule has 1 atom stereocenters. The fourth-order valence-electron chi connectivity index (χ4n) is 2.49. The van der Waals surface area contributed by atoms with Crippen LogP contribution in [0, 0.1) is 27.7 Å². The fraction of sp³-hybridized carbons (Fsp3) is 0.412. The first-order valence-corrected chi connectivity index (χ1v) is 8.62. The van der Waals surface area contributed by atoms with Gasteiger partial charge in [-0.3, -0.25) is 0 Å². The van der Waals surface area contributed by atoms with Crippen LogP contribution in [-0.2, 0) is 0 Å². The lowest BCUT2D eigenvalue weighted by atomic mass is 9.94. The van der Waals surface area contributed by atoms with E-state index in [0.29, 0.717) is 0 Å². The van der Waals surface area contributed by atoms with Crippen molar-refractivity contribution in [3.8, 4) is 0 Å². The first-order valence-electron chi connectivity index (χ1n) is 7.01. The average molecular weight is 352 g/mol. The van der Waals surface area contributed by atoms with Gasteiger partial charge in [-0.25, -0.2) is 0 Å². The predicted octanol–water partition coefficient (Wildman–Crippen LogP) is 5.44. The first kappa shape index (κ1) is 15.7. The molecule has 108 valence electrons. The maximum absolute atomic E-state index is 3.64. The molecule has 20 heavy (non-hydrogen) atoms. The second-order valence-corrected chi connectivity index (χ2v) is 7.79. The topological polar surface area (TPSA) is 12.0 Å². The van der Waals surface area contributed by atoms with E-state index in [1.54, 1.807) is 0 Å². The molecule has 0 aliphatic heterocycles. The molecule has 0 saturated carbocycles. The summed E-state index contributed by atoms with van der Waals surface area (Å²) in [6.45, 7) is 11.9. The van der Waals surface area contributed by atoms with Crippen LogP contribution in [0.2, 0.25) is 0 Å². The Bertz CT molecular complexity index is 596. The molecule has 1 nitrogen and oxygen atoms in total. The number of hydrogen-bond acceptors (Lipinski definition) is 2. The van der Waals surface area contributed by atoms with E-state index in [2.05, 4.69) is 74.1 Å². The molecule has 0 saturated heterocycles.